The number of amides is 1. The van der Waals surface area contributed by atoms with E-state index in [-0.39, 0.29) is 5.91 Å². The fraction of sp³-hybridized carbons (Fsp3) is 0.133. The van der Waals surface area contributed by atoms with Gasteiger partial charge in [0.1, 0.15) is 0 Å². The van der Waals surface area contributed by atoms with Crippen LogP contribution in [-0.4, -0.2) is 24.9 Å². The first-order valence-electron chi connectivity index (χ1n) is 5.86. The topological polar surface area (TPSA) is 46.3 Å². The molecule has 2 aromatic carbocycles. The summed E-state index contributed by atoms with van der Waals surface area (Å²) in [4.78, 5) is 13.5. The molecular weight excluding hydrogens is 260 g/mol. The third-order valence-corrected chi connectivity index (χ3v) is 3.15. The van der Waals surface area contributed by atoms with Gasteiger partial charge in [-0.05, 0) is 35.4 Å². The Hall–Kier alpha value is -2.00. The lowest BCUT2D eigenvalue weighted by atomic mass is 10.0. The number of benzene rings is 2. The van der Waals surface area contributed by atoms with Crippen LogP contribution in [0.25, 0.3) is 11.1 Å². The predicted molar refractivity (Wildman–Crippen MR) is 79.3 cm³/mol. The molecule has 2 aromatic rings. The fourth-order valence-corrected chi connectivity index (χ4v) is 2.03. The highest BCUT2D eigenvalue weighted by Gasteiger charge is 2.13. The lowest BCUT2D eigenvalue weighted by Crippen LogP contribution is -2.22. The number of hydrogen-bond acceptors (Lipinski definition) is 2. The SMILES string of the molecule is CN(C)C(=O)c1cc(-c2cccc(N)c2)ccc1Cl. The Morgan fingerprint density at radius 2 is 1.79 bits per heavy atom. The van der Waals surface area contributed by atoms with Crippen LogP contribution in [0.2, 0.25) is 5.02 Å². The van der Waals surface area contributed by atoms with Crippen LogP contribution >= 0.6 is 11.6 Å². The second kappa shape index (κ2) is 5.33. The highest BCUT2D eigenvalue weighted by Crippen LogP contribution is 2.27. The van der Waals surface area contributed by atoms with Crippen molar-refractivity contribution in [3.63, 3.8) is 0 Å². The van der Waals surface area contributed by atoms with Gasteiger partial charge in [0.05, 0.1) is 10.6 Å². The zero-order chi connectivity index (χ0) is 14.0. The van der Waals surface area contributed by atoms with E-state index in [2.05, 4.69) is 0 Å². The van der Waals surface area contributed by atoms with Crippen molar-refractivity contribution in [2.75, 3.05) is 19.8 Å². The van der Waals surface area contributed by atoms with Crippen molar-refractivity contribution >= 4 is 23.2 Å². The Balaban J connectivity index is 2.50. The number of carbonyl (C=O) groups excluding carboxylic acids is 1. The first-order valence-corrected chi connectivity index (χ1v) is 6.24. The largest absolute Gasteiger partial charge is 0.399 e. The molecule has 0 bridgehead atoms. The number of nitrogens with two attached hydrogens (primary N) is 1. The van der Waals surface area contributed by atoms with E-state index in [0.29, 0.717) is 16.3 Å². The molecule has 19 heavy (non-hydrogen) atoms. The van der Waals surface area contributed by atoms with Crippen LogP contribution < -0.4 is 5.73 Å². The zero-order valence-corrected chi connectivity index (χ0v) is 11.6. The van der Waals surface area contributed by atoms with E-state index in [0.717, 1.165) is 11.1 Å². The van der Waals surface area contributed by atoms with Gasteiger partial charge in [-0.2, -0.15) is 0 Å². The molecule has 0 spiro atoms. The molecule has 0 heterocycles. The zero-order valence-electron chi connectivity index (χ0n) is 10.9. The minimum absolute atomic E-state index is 0.115. The highest BCUT2D eigenvalue weighted by atomic mass is 35.5. The Morgan fingerprint density at radius 3 is 2.42 bits per heavy atom. The van der Waals surface area contributed by atoms with Crippen molar-refractivity contribution in [1.29, 1.82) is 0 Å². The molecule has 0 aliphatic heterocycles. The maximum atomic E-state index is 12.0. The summed E-state index contributed by atoms with van der Waals surface area (Å²) in [5.41, 5.74) is 8.83. The average Bonchev–Trinajstić information content (AvgIpc) is 2.38. The molecule has 0 aromatic heterocycles. The van der Waals surface area contributed by atoms with Gasteiger partial charge in [-0.1, -0.05) is 29.8 Å². The summed E-state index contributed by atoms with van der Waals surface area (Å²) in [6.45, 7) is 0. The quantitative estimate of drug-likeness (QED) is 0.854. The van der Waals surface area contributed by atoms with Crippen LogP contribution in [0.15, 0.2) is 42.5 Å². The molecule has 0 radical (unpaired) electrons. The number of anilines is 1. The molecule has 4 heteroatoms. The third-order valence-electron chi connectivity index (χ3n) is 2.82. The minimum atomic E-state index is -0.115. The van der Waals surface area contributed by atoms with Crippen LogP contribution in [-0.2, 0) is 0 Å². The summed E-state index contributed by atoms with van der Waals surface area (Å²) < 4.78 is 0. The first kappa shape index (κ1) is 13.4. The van der Waals surface area contributed by atoms with E-state index in [1.54, 1.807) is 26.2 Å². The Morgan fingerprint density at radius 1 is 1.11 bits per heavy atom. The molecule has 0 unspecified atom stereocenters. The normalized spacial score (nSPS) is 10.3. The molecule has 0 fully saturated rings. The fourth-order valence-electron chi connectivity index (χ4n) is 1.83. The van der Waals surface area contributed by atoms with E-state index in [9.17, 15) is 4.79 Å². The minimum Gasteiger partial charge on any atom is -0.399 e. The van der Waals surface area contributed by atoms with E-state index >= 15 is 0 Å². The van der Waals surface area contributed by atoms with E-state index in [4.69, 9.17) is 17.3 Å². The third kappa shape index (κ3) is 2.88. The molecule has 3 nitrogen and oxygen atoms in total. The summed E-state index contributed by atoms with van der Waals surface area (Å²) in [5.74, 6) is -0.115. The molecule has 2 rings (SSSR count). The van der Waals surface area contributed by atoms with Gasteiger partial charge in [0.15, 0.2) is 0 Å². The predicted octanol–water partition coefficient (Wildman–Crippen LogP) is 3.29. The summed E-state index contributed by atoms with van der Waals surface area (Å²) in [5, 5.41) is 0.450. The number of carbonyl (C=O) groups is 1. The molecule has 0 saturated carbocycles. The van der Waals surface area contributed by atoms with Crippen molar-refractivity contribution in [3.05, 3.63) is 53.1 Å². The summed E-state index contributed by atoms with van der Waals surface area (Å²) in [7, 11) is 3.40. The summed E-state index contributed by atoms with van der Waals surface area (Å²) in [6.07, 6.45) is 0. The van der Waals surface area contributed by atoms with Gasteiger partial charge in [-0.3, -0.25) is 4.79 Å². The van der Waals surface area contributed by atoms with Crippen molar-refractivity contribution < 1.29 is 4.79 Å². The van der Waals surface area contributed by atoms with Crippen LogP contribution in [0.3, 0.4) is 0 Å². The van der Waals surface area contributed by atoms with E-state index < -0.39 is 0 Å². The van der Waals surface area contributed by atoms with Gasteiger partial charge >= 0.3 is 0 Å². The molecule has 98 valence electrons. The van der Waals surface area contributed by atoms with Crippen LogP contribution in [0.1, 0.15) is 10.4 Å². The summed E-state index contributed by atoms with van der Waals surface area (Å²) >= 11 is 6.08. The van der Waals surface area contributed by atoms with Crippen molar-refractivity contribution in [3.8, 4) is 11.1 Å². The Labute approximate surface area is 117 Å². The number of halogens is 1. The molecule has 1 amide bonds. The van der Waals surface area contributed by atoms with Crippen LogP contribution in [0.5, 0.6) is 0 Å². The average molecular weight is 275 g/mol. The van der Waals surface area contributed by atoms with Gasteiger partial charge < -0.3 is 10.6 Å². The van der Waals surface area contributed by atoms with E-state index in [1.807, 2.05) is 30.3 Å². The molecule has 0 atom stereocenters. The van der Waals surface area contributed by atoms with E-state index in [1.165, 1.54) is 4.90 Å². The standard InChI is InChI=1S/C15H15ClN2O/c1-18(2)15(19)13-9-11(6-7-14(13)16)10-4-3-5-12(17)8-10/h3-9H,17H2,1-2H3. The molecule has 0 aliphatic carbocycles. The second-order valence-electron chi connectivity index (χ2n) is 4.52. The van der Waals surface area contributed by atoms with Gasteiger partial charge in [0.2, 0.25) is 0 Å². The van der Waals surface area contributed by atoms with Crippen molar-refractivity contribution in [2.24, 2.45) is 0 Å². The molecule has 0 aliphatic rings. The second-order valence-corrected chi connectivity index (χ2v) is 4.93. The maximum absolute atomic E-state index is 12.0. The smallest absolute Gasteiger partial charge is 0.254 e. The first-order chi connectivity index (χ1) is 8.99. The van der Waals surface area contributed by atoms with Crippen LogP contribution in [0.4, 0.5) is 5.69 Å². The maximum Gasteiger partial charge on any atom is 0.254 e. The van der Waals surface area contributed by atoms with Crippen LogP contribution in [0, 0.1) is 0 Å². The number of hydrogen-bond donors (Lipinski definition) is 1. The van der Waals surface area contributed by atoms with Gasteiger partial charge in [0.25, 0.3) is 5.91 Å². The Bertz CT molecular complexity index is 623. The van der Waals surface area contributed by atoms with Gasteiger partial charge in [0, 0.05) is 19.8 Å². The lowest BCUT2D eigenvalue weighted by molar-refractivity contribution is 0.0828. The molecule has 2 N–H and O–H groups in total. The number of nitrogen functional groups attached to an aromatic ring is 1. The molecular formula is C15H15ClN2O. The lowest BCUT2D eigenvalue weighted by Gasteiger charge is -2.13. The molecule has 0 saturated heterocycles. The van der Waals surface area contributed by atoms with Gasteiger partial charge in [-0.15, -0.1) is 0 Å². The number of rotatable bonds is 2. The highest BCUT2D eigenvalue weighted by molar-refractivity contribution is 6.34. The number of nitrogens with zero attached hydrogens (tertiary/aromatic N) is 1. The van der Waals surface area contributed by atoms with Crippen molar-refractivity contribution in [2.45, 2.75) is 0 Å². The summed E-state index contributed by atoms with van der Waals surface area (Å²) in [6, 6.07) is 12.9. The monoisotopic (exact) mass is 274 g/mol. The van der Waals surface area contributed by atoms with Crippen molar-refractivity contribution in [1.82, 2.24) is 4.90 Å². The Kier molecular flexibility index (Phi) is 3.76. The van der Waals surface area contributed by atoms with Gasteiger partial charge in [-0.25, -0.2) is 0 Å².